The molecule has 0 radical (unpaired) electrons. The van der Waals surface area contributed by atoms with Crippen LogP contribution in [0.2, 0.25) is 0 Å². The van der Waals surface area contributed by atoms with Crippen molar-refractivity contribution in [3.05, 3.63) is 59.4 Å². The van der Waals surface area contributed by atoms with Crippen LogP contribution in [0.25, 0.3) is 0 Å². The van der Waals surface area contributed by atoms with E-state index in [1.165, 1.54) is 0 Å². The number of pyridine rings is 1. The number of carbonyl (C=O) groups excluding carboxylic acids is 2. The second kappa shape index (κ2) is 8.87. The van der Waals surface area contributed by atoms with Gasteiger partial charge in [0.1, 0.15) is 12.4 Å². The van der Waals surface area contributed by atoms with Crippen molar-refractivity contribution in [2.75, 3.05) is 13.2 Å². The highest BCUT2D eigenvalue weighted by Gasteiger charge is 2.30. The van der Waals surface area contributed by atoms with Gasteiger partial charge in [0.25, 0.3) is 11.8 Å². The molecule has 3 rings (SSSR count). The second-order valence-corrected chi connectivity index (χ2v) is 7.45. The van der Waals surface area contributed by atoms with E-state index in [9.17, 15) is 9.59 Å². The smallest absolute Gasteiger partial charge is 0.255 e. The maximum atomic E-state index is 12.8. The van der Waals surface area contributed by atoms with Gasteiger partial charge in [-0.3, -0.25) is 14.6 Å². The van der Waals surface area contributed by atoms with E-state index in [-0.39, 0.29) is 23.9 Å². The Labute approximate surface area is 165 Å². The van der Waals surface area contributed by atoms with Crippen LogP contribution in [-0.2, 0) is 0 Å². The summed E-state index contributed by atoms with van der Waals surface area (Å²) in [5.41, 5.74) is 2.10. The van der Waals surface area contributed by atoms with E-state index in [2.05, 4.69) is 10.3 Å². The highest BCUT2D eigenvalue weighted by Crippen LogP contribution is 2.22. The summed E-state index contributed by atoms with van der Waals surface area (Å²) >= 11 is 0. The van der Waals surface area contributed by atoms with E-state index in [1.807, 2.05) is 37.8 Å². The predicted octanol–water partition coefficient (Wildman–Crippen LogP) is 3.21. The predicted molar refractivity (Wildman–Crippen MR) is 108 cm³/mol. The summed E-state index contributed by atoms with van der Waals surface area (Å²) in [4.78, 5) is 30.9. The fraction of sp³-hybridized carbons (Fsp3) is 0.409. The molecule has 6 nitrogen and oxygen atoms in total. The lowest BCUT2D eigenvalue weighted by Gasteiger charge is -2.25. The zero-order valence-electron chi connectivity index (χ0n) is 16.6. The molecule has 1 aliphatic rings. The lowest BCUT2D eigenvalue weighted by atomic mass is 10.2. The summed E-state index contributed by atoms with van der Waals surface area (Å²) in [6.45, 7) is 6.92. The first kappa shape index (κ1) is 19.9. The van der Waals surface area contributed by atoms with Crippen LogP contribution in [0.3, 0.4) is 0 Å². The van der Waals surface area contributed by atoms with Crippen molar-refractivity contribution in [3.63, 3.8) is 0 Å². The van der Waals surface area contributed by atoms with Crippen LogP contribution in [-0.4, -0.2) is 46.9 Å². The highest BCUT2D eigenvalue weighted by atomic mass is 16.5. The molecule has 148 valence electrons. The number of benzene rings is 1. The monoisotopic (exact) mass is 381 g/mol. The van der Waals surface area contributed by atoms with Gasteiger partial charge in [-0.05, 0) is 70.0 Å². The summed E-state index contributed by atoms with van der Waals surface area (Å²) in [5.74, 6) is 0.595. The van der Waals surface area contributed by atoms with Gasteiger partial charge in [0, 0.05) is 30.0 Å². The van der Waals surface area contributed by atoms with Crippen molar-refractivity contribution >= 4 is 11.8 Å². The van der Waals surface area contributed by atoms with Crippen molar-refractivity contribution in [3.8, 4) is 5.75 Å². The van der Waals surface area contributed by atoms with Crippen LogP contribution in [0.4, 0.5) is 0 Å². The number of likely N-dealkylation sites (tertiary alicyclic amines) is 1. The molecule has 1 aliphatic heterocycles. The minimum Gasteiger partial charge on any atom is -0.491 e. The molecule has 1 aromatic carbocycles. The van der Waals surface area contributed by atoms with Gasteiger partial charge in [0.15, 0.2) is 0 Å². The largest absolute Gasteiger partial charge is 0.491 e. The van der Waals surface area contributed by atoms with Crippen molar-refractivity contribution < 1.29 is 14.3 Å². The Kier molecular flexibility index (Phi) is 6.29. The van der Waals surface area contributed by atoms with Crippen LogP contribution in [0.15, 0.2) is 42.6 Å². The third kappa shape index (κ3) is 4.88. The van der Waals surface area contributed by atoms with Gasteiger partial charge in [0.05, 0.1) is 11.6 Å². The van der Waals surface area contributed by atoms with Gasteiger partial charge in [-0.1, -0.05) is 0 Å². The Morgan fingerprint density at radius 2 is 1.89 bits per heavy atom. The van der Waals surface area contributed by atoms with E-state index in [1.54, 1.807) is 30.5 Å². The van der Waals surface area contributed by atoms with E-state index < -0.39 is 0 Å². The first-order valence-corrected chi connectivity index (χ1v) is 9.71. The Morgan fingerprint density at radius 3 is 2.54 bits per heavy atom. The molecule has 2 heterocycles. The molecule has 6 heteroatoms. The van der Waals surface area contributed by atoms with Gasteiger partial charge in [-0.15, -0.1) is 0 Å². The number of nitrogens with one attached hydrogen (secondary N) is 1. The number of hydrogen-bond donors (Lipinski definition) is 1. The number of hydrogen-bond acceptors (Lipinski definition) is 4. The quantitative estimate of drug-likeness (QED) is 0.834. The first-order valence-electron chi connectivity index (χ1n) is 9.71. The number of carbonyl (C=O) groups is 2. The molecule has 1 fully saturated rings. The van der Waals surface area contributed by atoms with E-state index in [4.69, 9.17) is 4.74 Å². The summed E-state index contributed by atoms with van der Waals surface area (Å²) in [6.07, 6.45) is 3.52. The van der Waals surface area contributed by atoms with E-state index in [0.29, 0.717) is 23.5 Å². The van der Waals surface area contributed by atoms with Gasteiger partial charge < -0.3 is 15.0 Å². The van der Waals surface area contributed by atoms with Crippen LogP contribution in [0.5, 0.6) is 5.75 Å². The first-order chi connectivity index (χ1) is 13.4. The van der Waals surface area contributed by atoms with Gasteiger partial charge in [0.2, 0.25) is 0 Å². The minimum absolute atomic E-state index is 0.000644. The lowest BCUT2D eigenvalue weighted by molar-refractivity contribution is 0.0691. The molecule has 1 atom stereocenters. The summed E-state index contributed by atoms with van der Waals surface area (Å²) in [5, 5.41) is 2.86. The maximum absolute atomic E-state index is 12.8. The Morgan fingerprint density at radius 1 is 1.18 bits per heavy atom. The standard InChI is InChI=1S/C22H27N3O3/c1-15(2)24-21(26)17-8-10-20(11-9-17)28-14-19-5-4-12-25(19)22(27)18-7-6-16(3)23-13-18/h6-11,13,15,19H,4-5,12,14H2,1-3H3,(H,24,26). The topological polar surface area (TPSA) is 71.5 Å². The van der Waals surface area contributed by atoms with Gasteiger partial charge in [-0.2, -0.15) is 0 Å². The number of ether oxygens (including phenoxy) is 1. The zero-order chi connectivity index (χ0) is 20.1. The van der Waals surface area contributed by atoms with Crippen molar-refractivity contribution in [2.24, 2.45) is 0 Å². The molecule has 1 aromatic heterocycles. The van der Waals surface area contributed by atoms with Crippen molar-refractivity contribution in [2.45, 2.75) is 45.7 Å². The fourth-order valence-corrected chi connectivity index (χ4v) is 3.28. The second-order valence-electron chi connectivity index (χ2n) is 7.45. The SMILES string of the molecule is Cc1ccc(C(=O)N2CCCC2COc2ccc(C(=O)NC(C)C)cc2)cn1. The van der Waals surface area contributed by atoms with Crippen LogP contribution < -0.4 is 10.1 Å². The summed E-state index contributed by atoms with van der Waals surface area (Å²) < 4.78 is 5.90. The summed E-state index contributed by atoms with van der Waals surface area (Å²) in [6, 6.07) is 10.9. The molecule has 2 amide bonds. The molecule has 1 unspecified atom stereocenters. The van der Waals surface area contributed by atoms with Crippen molar-refractivity contribution in [1.29, 1.82) is 0 Å². The van der Waals surface area contributed by atoms with Crippen LogP contribution in [0.1, 0.15) is 53.1 Å². The molecular formula is C22H27N3O3. The Balaban J connectivity index is 1.58. The maximum Gasteiger partial charge on any atom is 0.255 e. The van der Waals surface area contributed by atoms with Crippen LogP contribution in [0, 0.1) is 6.92 Å². The van der Waals surface area contributed by atoms with Crippen molar-refractivity contribution in [1.82, 2.24) is 15.2 Å². The van der Waals surface area contributed by atoms with Crippen LogP contribution >= 0.6 is 0 Å². The molecule has 1 N–H and O–H groups in total. The fourth-order valence-electron chi connectivity index (χ4n) is 3.28. The third-order valence-corrected chi connectivity index (χ3v) is 4.77. The Bertz CT molecular complexity index is 816. The molecule has 0 spiro atoms. The van der Waals surface area contributed by atoms with E-state index >= 15 is 0 Å². The number of aryl methyl sites for hydroxylation is 1. The van der Waals surface area contributed by atoms with Gasteiger partial charge in [-0.25, -0.2) is 0 Å². The minimum atomic E-state index is -0.0965. The summed E-state index contributed by atoms with van der Waals surface area (Å²) in [7, 11) is 0. The molecule has 0 bridgehead atoms. The van der Waals surface area contributed by atoms with Gasteiger partial charge >= 0.3 is 0 Å². The normalized spacial score (nSPS) is 16.3. The zero-order valence-corrected chi connectivity index (χ0v) is 16.6. The van der Waals surface area contributed by atoms with E-state index in [0.717, 1.165) is 25.1 Å². The number of nitrogens with zero attached hydrogens (tertiary/aromatic N) is 2. The Hall–Kier alpha value is -2.89. The third-order valence-electron chi connectivity index (χ3n) is 4.77. The average molecular weight is 381 g/mol. The molecule has 0 aliphatic carbocycles. The number of aromatic nitrogens is 1. The number of amides is 2. The highest BCUT2D eigenvalue weighted by molar-refractivity contribution is 5.94. The molecular weight excluding hydrogens is 354 g/mol. The molecule has 2 aromatic rings. The molecule has 28 heavy (non-hydrogen) atoms. The molecule has 0 saturated carbocycles. The average Bonchev–Trinajstić information content (AvgIpc) is 3.15. The molecule has 1 saturated heterocycles. The number of rotatable bonds is 6. The lowest BCUT2D eigenvalue weighted by Crippen LogP contribution is -2.39.